The van der Waals surface area contributed by atoms with E-state index in [1.54, 1.807) is 7.05 Å². The number of nitrogens with one attached hydrogen (secondary N) is 3. The van der Waals surface area contributed by atoms with Gasteiger partial charge in [0.2, 0.25) is 5.91 Å². The second-order valence-corrected chi connectivity index (χ2v) is 7.15. The molecule has 0 atom stereocenters. The van der Waals surface area contributed by atoms with Crippen molar-refractivity contribution in [2.75, 3.05) is 32.1 Å². The zero-order chi connectivity index (χ0) is 20.6. The number of fused-ring (bicyclic) bond motifs is 1. The lowest BCUT2D eigenvalue weighted by Gasteiger charge is -2.18. The number of carbonyl (C=O) groups is 1. The van der Waals surface area contributed by atoms with Crippen LogP contribution in [0.3, 0.4) is 0 Å². The monoisotopic (exact) mass is 526 g/mol. The van der Waals surface area contributed by atoms with Crippen molar-refractivity contribution in [2.45, 2.75) is 39.7 Å². The third-order valence-corrected chi connectivity index (χ3v) is 4.80. The number of hydrogen-bond donors (Lipinski definition) is 3. The summed E-state index contributed by atoms with van der Waals surface area (Å²) in [6.07, 6.45) is 2.25. The van der Waals surface area contributed by atoms with Crippen LogP contribution in [0.2, 0.25) is 0 Å². The Morgan fingerprint density at radius 3 is 2.77 bits per heavy atom. The number of hydrogen-bond acceptors (Lipinski definition) is 4. The molecule has 0 radical (unpaired) electrons. The van der Waals surface area contributed by atoms with Gasteiger partial charge >= 0.3 is 0 Å². The second kappa shape index (κ2) is 11.8. The number of carbonyl (C=O) groups excluding carboxylic acids is 1. The van der Waals surface area contributed by atoms with E-state index in [2.05, 4.69) is 39.0 Å². The van der Waals surface area contributed by atoms with Crippen LogP contribution in [0.25, 0.3) is 0 Å². The van der Waals surface area contributed by atoms with Crippen LogP contribution in [-0.2, 0) is 17.8 Å². The predicted molar refractivity (Wildman–Crippen MR) is 130 cm³/mol. The molecule has 0 aliphatic carbocycles. The SMILES string of the molecule is CN=C(NCCCn1nc(C)cc1C)NCCOc1ccc2c(c1)CCC(=O)N2.I. The zero-order valence-corrected chi connectivity index (χ0v) is 20.2. The molecule has 2 heterocycles. The number of halogens is 1. The van der Waals surface area contributed by atoms with Gasteiger partial charge in [-0.2, -0.15) is 5.10 Å². The number of aromatic nitrogens is 2. The van der Waals surface area contributed by atoms with Gasteiger partial charge in [-0.05, 0) is 56.5 Å². The molecule has 1 aliphatic rings. The largest absolute Gasteiger partial charge is 0.492 e. The first kappa shape index (κ1) is 24.0. The first-order valence-electron chi connectivity index (χ1n) is 10.1. The molecule has 164 valence electrons. The van der Waals surface area contributed by atoms with Gasteiger partial charge in [-0.3, -0.25) is 14.5 Å². The number of aliphatic imine (C=N–C) groups is 1. The highest BCUT2D eigenvalue weighted by Gasteiger charge is 2.14. The maximum absolute atomic E-state index is 11.4. The fraction of sp³-hybridized carbons (Fsp3) is 0.476. The van der Waals surface area contributed by atoms with Crippen molar-refractivity contribution in [1.29, 1.82) is 0 Å². The number of rotatable bonds is 8. The molecule has 0 saturated heterocycles. The summed E-state index contributed by atoms with van der Waals surface area (Å²) < 4.78 is 7.86. The Bertz CT molecular complexity index is 880. The van der Waals surface area contributed by atoms with Gasteiger partial charge in [0.15, 0.2) is 5.96 Å². The lowest BCUT2D eigenvalue weighted by atomic mass is 10.0. The van der Waals surface area contributed by atoms with Crippen molar-refractivity contribution < 1.29 is 9.53 Å². The predicted octanol–water partition coefficient (Wildman–Crippen LogP) is 2.64. The van der Waals surface area contributed by atoms with Gasteiger partial charge in [-0.1, -0.05) is 0 Å². The van der Waals surface area contributed by atoms with E-state index in [0.29, 0.717) is 19.6 Å². The van der Waals surface area contributed by atoms with Crippen LogP contribution in [0.4, 0.5) is 5.69 Å². The molecule has 8 nitrogen and oxygen atoms in total. The van der Waals surface area contributed by atoms with Crippen LogP contribution in [-0.4, -0.2) is 48.4 Å². The van der Waals surface area contributed by atoms with Crippen molar-refractivity contribution in [3.05, 3.63) is 41.2 Å². The molecule has 30 heavy (non-hydrogen) atoms. The lowest BCUT2D eigenvalue weighted by molar-refractivity contribution is -0.116. The summed E-state index contributed by atoms with van der Waals surface area (Å²) >= 11 is 0. The van der Waals surface area contributed by atoms with Gasteiger partial charge in [0, 0.05) is 37.9 Å². The zero-order valence-electron chi connectivity index (χ0n) is 17.8. The van der Waals surface area contributed by atoms with E-state index < -0.39 is 0 Å². The highest BCUT2D eigenvalue weighted by atomic mass is 127. The topological polar surface area (TPSA) is 92.6 Å². The molecule has 3 N–H and O–H groups in total. The Labute approximate surface area is 194 Å². The summed E-state index contributed by atoms with van der Waals surface area (Å²) in [5, 5.41) is 13.9. The van der Waals surface area contributed by atoms with Gasteiger partial charge in [0.25, 0.3) is 0 Å². The van der Waals surface area contributed by atoms with Gasteiger partial charge in [-0.15, -0.1) is 24.0 Å². The molecule has 1 aromatic heterocycles. The van der Waals surface area contributed by atoms with E-state index in [1.165, 1.54) is 5.69 Å². The minimum atomic E-state index is 0. The highest BCUT2D eigenvalue weighted by Crippen LogP contribution is 2.26. The van der Waals surface area contributed by atoms with Crippen molar-refractivity contribution >= 4 is 41.5 Å². The number of ether oxygens (including phenoxy) is 1. The minimum Gasteiger partial charge on any atom is -0.492 e. The van der Waals surface area contributed by atoms with Crippen molar-refractivity contribution in [1.82, 2.24) is 20.4 Å². The van der Waals surface area contributed by atoms with Gasteiger partial charge < -0.3 is 20.7 Å². The van der Waals surface area contributed by atoms with E-state index in [0.717, 1.165) is 54.6 Å². The van der Waals surface area contributed by atoms with E-state index in [9.17, 15) is 4.79 Å². The third kappa shape index (κ3) is 6.89. The fourth-order valence-electron chi connectivity index (χ4n) is 3.35. The normalized spacial score (nSPS) is 13.2. The maximum atomic E-state index is 11.4. The summed E-state index contributed by atoms with van der Waals surface area (Å²) in [5.41, 5.74) is 4.25. The molecule has 0 saturated carbocycles. The number of amides is 1. The average Bonchev–Trinajstić information content (AvgIpc) is 3.03. The van der Waals surface area contributed by atoms with Crippen LogP contribution >= 0.6 is 24.0 Å². The van der Waals surface area contributed by atoms with Crippen LogP contribution in [0.15, 0.2) is 29.3 Å². The minimum absolute atomic E-state index is 0. The maximum Gasteiger partial charge on any atom is 0.224 e. The standard InChI is InChI=1S/C21H30N6O2.HI/c1-15-13-16(2)27(26-15)11-4-9-23-21(22-3)24-10-12-29-18-6-7-19-17(14-18)5-8-20(28)25-19;/h6-7,13-14H,4-5,8-12H2,1-3H3,(H,25,28)(H2,22,23,24);1H. The number of guanidine groups is 1. The quantitative estimate of drug-likeness (QED) is 0.213. The van der Waals surface area contributed by atoms with Crippen LogP contribution < -0.4 is 20.7 Å². The third-order valence-electron chi connectivity index (χ3n) is 4.80. The van der Waals surface area contributed by atoms with Crippen LogP contribution in [0.1, 0.15) is 29.8 Å². The van der Waals surface area contributed by atoms with Gasteiger partial charge in [0.05, 0.1) is 12.2 Å². The Hall–Kier alpha value is -2.30. The van der Waals surface area contributed by atoms with E-state index >= 15 is 0 Å². The molecule has 1 aliphatic heterocycles. The molecule has 3 rings (SSSR count). The molecule has 0 spiro atoms. The second-order valence-electron chi connectivity index (χ2n) is 7.15. The molecule has 0 fully saturated rings. The summed E-state index contributed by atoms with van der Waals surface area (Å²) in [4.78, 5) is 15.7. The number of benzene rings is 1. The molecule has 1 aromatic carbocycles. The van der Waals surface area contributed by atoms with Crippen LogP contribution in [0.5, 0.6) is 5.75 Å². The Balaban J connectivity index is 0.00000320. The van der Waals surface area contributed by atoms with Crippen molar-refractivity contribution in [3.63, 3.8) is 0 Å². The summed E-state index contributed by atoms with van der Waals surface area (Å²) in [6.45, 7) is 6.95. The smallest absolute Gasteiger partial charge is 0.224 e. The molecule has 0 bridgehead atoms. The van der Waals surface area contributed by atoms with Crippen molar-refractivity contribution in [3.8, 4) is 5.75 Å². The molecule has 9 heteroatoms. The lowest BCUT2D eigenvalue weighted by Crippen LogP contribution is -2.39. The van der Waals surface area contributed by atoms with Gasteiger partial charge in [-0.25, -0.2) is 0 Å². The highest BCUT2D eigenvalue weighted by molar-refractivity contribution is 14.0. The summed E-state index contributed by atoms with van der Waals surface area (Å²) in [6, 6.07) is 7.88. The Morgan fingerprint density at radius 2 is 2.03 bits per heavy atom. The number of anilines is 1. The number of nitrogens with zero attached hydrogens (tertiary/aromatic N) is 3. The van der Waals surface area contributed by atoms with Gasteiger partial charge in [0.1, 0.15) is 12.4 Å². The summed E-state index contributed by atoms with van der Waals surface area (Å²) in [5.74, 6) is 1.65. The van der Waals surface area contributed by atoms with E-state index in [1.807, 2.05) is 29.8 Å². The molecule has 2 aromatic rings. The molecular weight excluding hydrogens is 495 g/mol. The Kier molecular flexibility index (Phi) is 9.41. The molecule has 0 unspecified atom stereocenters. The first-order chi connectivity index (χ1) is 14.0. The van der Waals surface area contributed by atoms with Crippen molar-refractivity contribution in [2.24, 2.45) is 4.99 Å². The first-order valence-corrected chi connectivity index (χ1v) is 10.1. The summed E-state index contributed by atoms with van der Waals surface area (Å²) in [7, 11) is 1.76. The molecular formula is C21H31IN6O2. The Morgan fingerprint density at radius 1 is 1.23 bits per heavy atom. The van der Waals surface area contributed by atoms with E-state index in [-0.39, 0.29) is 29.9 Å². The fourth-order valence-corrected chi connectivity index (χ4v) is 3.35. The molecule has 1 amide bonds. The van der Waals surface area contributed by atoms with E-state index in [4.69, 9.17) is 4.74 Å². The number of aryl methyl sites for hydroxylation is 4. The van der Waals surface area contributed by atoms with Crippen LogP contribution in [0, 0.1) is 13.8 Å². The average molecular weight is 526 g/mol.